The summed E-state index contributed by atoms with van der Waals surface area (Å²) in [6.45, 7) is 6.21. The molecule has 2 unspecified atom stereocenters. The van der Waals surface area contributed by atoms with Gasteiger partial charge in [-0.1, -0.05) is 37.6 Å². The van der Waals surface area contributed by atoms with Gasteiger partial charge in [0.05, 0.1) is 6.10 Å². The summed E-state index contributed by atoms with van der Waals surface area (Å²) in [4.78, 5) is 13.1. The molecule has 0 aromatic heterocycles. The average Bonchev–Trinajstić information content (AvgIpc) is 2.63. The van der Waals surface area contributed by atoms with Crippen molar-refractivity contribution in [2.24, 2.45) is 5.92 Å². The molecule has 2 atom stereocenters. The summed E-state index contributed by atoms with van der Waals surface area (Å²) in [5.74, 6) is 1.28. The molecule has 3 rings (SSSR count). The minimum atomic E-state index is -0.730. The van der Waals surface area contributed by atoms with Gasteiger partial charge in [-0.05, 0) is 51.2 Å². The minimum Gasteiger partial charge on any atom is -0.490 e. The number of rotatable bonds is 5. The molecule has 1 N–H and O–H groups in total. The first-order chi connectivity index (χ1) is 12.4. The van der Waals surface area contributed by atoms with Crippen molar-refractivity contribution in [3.8, 4) is 5.75 Å². The van der Waals surface area contributed by atoms with E-state index in [1.54, 1.807) is 7.11 Å². The van der Waals surface area contributed by atoms with E-state index in [2.05, 4.69) is 12.2 Å². The van der Waals surface area contributed by atoms with Crippen LogP contribution in [0, 0.1) is 5.92 Å². The number of ether oxygens (including phenoxy) is 2. The van der Waals surface area contributed by atoms with Crippen LogP contribution in [-0.2, 0) is 9.53 Å². The molecule has 1 aliphatic rings. The van der Waals surface area contributed by atoms with Crippen molar-refractivity contribution in [2.75, 3.05) is 12.4 Å². The number of methoxy groups -OCH3 is 1. The molecule has 26 heavy (non-hydrogen) atoms. The van der Waals surface area contributed by atoms with E-state index >= 15 is 0 Å². The number of hydrogen-bond donors (Lipinski definition) is 1. The molecule has 0 aliphatic heterocycles. The monoisotopic (exact) mass is 355 g/mol. The minimum absolute atomic E-state index is 0.0470. The Balaban J connectivity index is 1.92. The normalized spacial score (nSPS) is 23.2. The number of hydrogen-bond acceptors (Lipinski definition) is 3. The highest BCUT2D eigenvalue weighted by Crippen LogP contribution is 2.37. The highest BCUT2D eigenvalue weighted by molar-refractivity contribution is 6.06. The molecular formula is C22H29NO3. The Morgan fingerprint density at radius 1 is 1.19 bits per heavy atom. The summed E-state index contributed by atoms with van der Waals surface area (Å²) < 4.78 is 11.7. The molecule has 1 fully saturated rings. The Bertz CT molecular complexity index is 786. The molecule has 0 bridgehead atoms. The highest BCUT2D eigenvalue weighted by Gasteiger charge is 2.42. The third-order valence-electron chi connectivity index (χ3n) is 5.26. The lowest BCUT2D eigenvalue weighted by Gasteiger charge is -2.37. The second-order valence-electron chi connectivity index (χ2n) is 7.68. The summed E-state index contributed by atoms with van der Waals surface area (Å²) in [5, 5.41) is 5.11. The fraction of sp³-hybridized carbons (Fsp3) is 0.500. The zero-order valence-corrected chi connectivity index (χ0v) is 16.2. The van der Waals surface area contributed by atoms with E-state index in [0.29, 0.717) is 5.92 Å². The third-order valence-corrected chi connectivity index (χ3v) is 5.26. The molecule has 1 amide bonds. The summed E-state index contributed by atoms with van der Waals surface area (Å²) in [7, 11) is 1.65. The maximum atomic E-state index is 13.1. The molecule has 2 aromatic carbocycles. The molecule has 140 valence electrons. The number of carbonyl (C=O) groups excluding carboxylic acids is 1. The molecule has 0 saturated heterocycles. The number of amides is 1. The van der Waals surface area contributed by atoms with Gasteiger partial charge in [-0.25, -0.2) is 0 Å². The molecule has 4 nitrogen and oxygen atoms in total. The molecular weight excluding hydrogens is 326 g/mol. The standard InChI is InChI=1S/C22H29NO3/c1-15(2)26-20-12-11-19(17-9-5-6-10-18(17)20)23-21(24)22(25-4)13-7-8-16(3)14-22/h5-6,9-12,15-16H,7-8,13-14H2,1-4H3,(H,23,24). The number of benzene rings is 2. The topological polar surface area (TPSA) is 47.6 Å². The van der Waals surface area contributed by atoms with Crippen molar-refractivity contribution in [1.29, 1.82) is 0 Å². The average molecular weight is 355 g/mol. The zero-order valence-electron chi connectivity index (χ0n) is 16.2. The van der Waals surface area contributed by atoms with Crippen LogP contribution >= 0.6 is 0 Å². The van der Waals surface area contributed by atoms with Crippen molar-refractivity contribution in [3.63, 3.8) is 0 Å². The highest BCUT2D eigenvalue weighted by atomic mass is 16.5. The van der Waals surface area contributed by atoms with Gasteiger partial charge in [-0.3, -0.25) is 4.79 Å². The van der Waals surface area contributed by atoms with Crippen molar-refractivity contribution in [1.82, 2.24) is 0 Å². The summed E-state index contributed by atoms with van der Waals surface area (Å²) in [5.41, 5.74) is 0.0719. The smallest absolute Gasteiger partial charge is 0.256 e. The van der Waals surface area contributed by atoms with Crippen molar-refractivity contribution in [2.45, 2.75) is 58.2 Å². The van der Waals surface area contributed by atoms with Crippen molar-refractivity contribution < 1.29 is 14.3 Å². The Morgan fingerprint density at radius 3 is 2.58 bits per heavy atom. The van der Waals surface area contributed by atoms with Crippen LogP contribution in [0.15, 0.2) is 36.4 Å². The maximum absolute atomic E-state index is 13.1. The predicted molar refractivity (Wildman–Crippen MR) is 106 cm³/mol. The first-order valence-electron chi connectivity index (χ1n) is 9.50. The third kappa shape index (κ3) is 3.70. The Morgan fingerprint density at radius 2 is 1.92 bits per heavy atom. The first-order valence-corrected chi connectivity index (χ1v) is 9.50. The lowest BCUT2D eigenvalue weighted by Crippen LogP contribution is -2.47. The van der Waals surface area contributed by atoms with Crippen LogP contribution in [0.4, 0.5) is 5.69 Å². The van der Waals surface area contributed by atoms with Gasteiger partial charge in [0.15, 0.2) is 0 Å². The Kier molecular flexibility index (Phi) is 5.52. The number of fused-ring (bicyclic) bond motifs is 1. The van der Waals surface area contributed by atoms with Crippen LogP contribution in [0.25, 0.3) is 10.8 Å². The van der Waals surface area contributed by atoms with Gasteiger partial charge in [0, 0.05) is 23.6 Å². The maximum Gasteiger partial charge on any atom is 0.256 e. The van der Waals surface area contributed by atoms with Gasteiger partial charge in [-0.15, -0.1) is 0 Å². The van der Waals surface area contributed by atoms with Gasteiger partial charge >= 0.3 is 0 Å². The largest absolute Gasteiger partial charge is 0.490 e. The molecule has 0 heterocycles. The van der Waals surface area contributed by atoms with Crippen LogP contribution in [-0.4, -0.2) is 24.7 Å². The Labute approximate surface area is 155 Å². The van der Waals surface area contributed by atoms with Crippen LogP contribution < -0.4 is 10.1 Å². The second-order valence-corrected chi connectivity index (χ2v) is 7.68. The SMILES string of the molecule is COC1(C(=O)Nc2ccc(OC(C)C)c3ccccc23)CCCC(C)C1. The van der Waals surface area contributed by atoms with Gasteiger partial charge in [0.2, 0.25) is 0 Å². The van der Waals surface area contributed by atoms with E-state index in [1.165, 1.54) is 0 Å². The quantitative estimate of drug-likeness (QED) is 0.806. The van der Waals surface area contributed by atoms with E-state index in [1.807, 2.05) is 50.2 Å². The van der Waals surface area contributed by atoms with Gasteiger partial charge in [0.25, 0.3) is 5.91 Å². The fourth-order valence-electron chi connectivity index (χ4n) is 3.96. The molecule has 0 radical (unpaired) electrons. The van der Waals surface area contributed by atoms with Crippen LogP contribution in [0.2, 0.25) is 0 Å². The van der Waals surface area contributed by atoms with Crippen molar-refractivity contribution in [3.05, 3.63) is 36.4 Å². The van der Waals surface area contributed by atoms with Crippen LogP contribution in [0.5, 0.6) is 5.75 Å². The van der Waals surface area contributed by atoms with Gasteiger partial charge in [-0.2, -0.15) is 0 Å². The van der Waals surface area contributed by atoms with Crippen LogP contribution in [0.3, 0.4) is 0 Å². The second kappa shape index (κ2) is 7.67. The van der Waals surface area contributed by atoms with E-state index in [-0.39, 0.29) is 12.0 Å². The summed E-state index contributed by atoms with van der Waals surface area (Å²) in [6, 6.07) is 11.9. The van der Waals surface area contributed by atoms with E-state index in [4.69, 9.17) is 9.47 Å². The lowest BCUT2D eigenvalue weighted by atomic mass is 9.78. The summed E-state index contributed by atoms with van der Waals surface area (Å²) >= 11 is 0. The van der Waals surface area contributed by atoms with Crippen LogP contribution in [0.1, 0.15) is 46.5 Å². The van der Waals surface area contributed by atoms with E-state index in [9.17, 15) is 4.79 Å². The van der Waals surface area contributed by atoms with Gasteiger partial charge in [0.1, 0.15) is 11.4 Å². The number of nitrogens with one attached hydrogen (secondary N) is 1. The summed E-state index contributed by atoms with van der Waals surface area (Å²) in [6.07, 6.45) is 3.81. The Hall–Kier alpha value is -2.07. The molecule has 0 spiro atoms. The molecule has 2 aromatic rings. The number of carbonyl (C=O) groups is 1. The van der Waals surface area contributed by atoms with E-state index in [0.717, 1.165) is 47.9 Å². The molecule has 1 aliphatic carbocycles. The zero-order chi connectivity index (χ0) is 18.7. The first kappa shape index (κ1) is 18.7. The number of anilines is 1. The molecule has 1 saturated carbocycles. The lowest BCUT2D eigenvalue weighted by molar-refractivity contribution is -0.143. The van der Waals surface area contributed by atoms with Crippen molar-refractivity contribution >= 4 is 22.4 Å². The molecule has 4 heteroatoms. The van der Waals surface area contributed by atoms with E-state index < -0.39 is 5.60 Å². The van der Waals surface area contributed by atoms with Gasteiger partial charge < -0.3 is 14.8 Å². The predicted octanol–water partition coefficient (Wildman–Crippen LogP) is 5.16. The fourth-order valence-corrected chi connectivity index (χ4v) is 3.96.